The molecule has 1 aliphatic rings. The topological polar surface area (TPSA) is 56.5 Å². The third-order valence-electron chi connectivity index (χ3n) is 3.24. The van der Waals surface area contributed by atoms with Gasteiger partial charge in [0.1, 0.15) is 5.75 Å². The molecule has 1 aromatic carbocycles. The van der Waals surface area contributed by atoms with E-state index in [1.165, 1.54) is 0 Å². The average Bonchev–Trinajstić information content (AvgIpc) is 2.90. The summed E-state index contributed by atoms with van der Waals surface area (Å²) in [6.07, 6.45) is 1.07. The van der Waals surface area contributed by atoms with E-state index in [1.54, 1.807) is 7.11 Å². The molecule has 4 nitrogen and oxygen atoms in total. The Morgan fingerprint density at radius 3 is 3.00 bits per heavy atom. The first-order valence-corrected chi connectivity index (χ1v) is 6.02. The molecule has 1 aromatic rings. The van der Waals surface area contributed by atoms with Gasteiger partial charge in [-0.2, -0.15) is 0 Å². The lowest BCUT2D eigenvalue weighted by Crippen LogP contribution is -2.36. The van der Waals surface area contributed by atoms with Crippen molar-refractivity contribution in [1.29, 1.82) is 0 Å². The van der Waals surface area contributed by atoms with Gasteiger partial charge in [0.05, 0.1) is 19.4 Å². The number of hydrogen-bond donors (Lipinski definition) is 2. The van der Waals surface area contributed by atoms with Crippen LogP contribution >= 0.6 is 0 Å². The van der Waals surface area contributed by atoms with Crippen LogP contribution in [0.15, 0.2) is 24.3 Å². The maximum atomic E-state index is 5.83. The molecule has 2 atom stereocenters. The van der Waals surface area contributed by atoms with Gasteiger partial charge in [-0.05, 0) is 18.6 Å². The molecule has 17 heavy (non-hydrogen) atoms. The molecule has 0 aliphatic carbocycles. The molecule has 0 spiro atoms. The Labute approximate surface area is 102 Å². The molecule has 0 amide bonds. The van der Waals surface area contributed by atoms with Crippen LogP contribution in [0.4, 0.5) is 5.69 Å². The average molecular weight is 236 g/mol. The molecular formula is C13H20N2O2. The first-order chi connectivity index (χ1) is 8.35. The van der Waals surface area contributed by atoms with E-state index >= 15 is 0 Å². The third kappa shape index (κ3) is 2.90. The van der Waals surface area contributed by atoms with Gasteiger partial charge in [0.15, 0.2) is 0 Å². The van der Waals surface area contributed by atoms with Crippen molar-refractivity contribution in [2.45, 2.75) is 12.5 Å². The smallest absolute Gasteiger partial charge is 0.141 e. The lowest BCUT2D eigenvalue weighted by molar-refractivity contribution is 0.182. The van der Waals surface area contributed by atoms with E-state index in [0.29, 0.717) is 12.5 Å². The Hall–Kier alpha value is -1.26. The Morgan fingerprint density at radius 2 is 2.35 bits per heavy atom. The molecule has 1 fully saturated rings. The fourth-order valence-electron chi connectivity index (χ4n) is 2.20. The predicted molar refractivity (Wildman–Crippen MR) is 68.4 cm³/mol. The number of benzene rings is 1. The Morgan fingerprint density at radius 1 is 1.53 bits per heavy atom. The Kier molecular flexibility index (Phi) is 4.23. The van der Waals surface area contributed by atoms with Crippen LogP contribution in [0.5, 0.6) is 5.75 Å². The first-order valence-electron chi connectivity index (χ1n) is 6.02. The zero-order chi connectivity index (χ0) is 12.1. The maximum absolute atomic E-state index is 5.83. The van der Waals surface area contributed by atoms with Gasteiger partial charge >= 0.3 is 0 Å². The van der Waals surface area contributed by atoms with Crippen molar-refractivity contribution >= 4 is 5.69 Å². The second-order valence-corrected chi connectivity index (χ2v) is 4.31. The highest BCUT2D eigenvalue weighted by molar-refractivity contribution is 5.56. The summed E-state index contributed by atoms with van der Waals surface area (Å²) in [6, 6.07) is 8.15. The summed E-state index contributed by atoms with van der Waals surface area (Å²) in [5.41, 5.74) is 6.83. The van der Waals surface area contributed by atoms with Crippen molar-refractivity contribution in [3.05, 3.63) is 24.3 Å². The largest absolute Gasteiger partial charge is 0.495 e. The summed E-state index contributed by atoms with van der Waals surface area (Å²) in [4.78, 5) is 0. The van der Waals surface area contributed by atoms with Crippen LogP contribution in [0, 0.1) is 5.92 Å². The van der Waals surface area contributed by atoms with Crippen molar-refractivity contribution in [1.82, 2.24) is 0 Å². The summed E-state index contributed by atoms with van der Waals surface area (Å²) in [5, 5.41) is 3.46. The molecule has 1 saturated heterocycles. The van der Waals surface area contributed by atoms with E-state index < -0.39 is 0 Å². The van der Waals surface area contributed by atoms with Crippen molar-refractivity contribution in [3.8, 4) is 5.75 Å². The van der Waals surface area contributed by atoms with Crippen molar-refractivity contribution < 1.29 is 9.47 Å². The number of para-hydroxylation sites is 2. The molecule has 2 unspecified atom stereocenters. The highest BCUT2D eigenvalue weighted by atomic mass is 16.5. The molecule has 0 saturated carbocycles. The van der Waals surface area contributed by atoms with Crippen LogP contribution < -0.4 is 15.8 Å². The summed E-state index contributed by atoms with van der Waals surface area (Å²) >= 11 is 0. The quantitative estimate of drug-likeness (QED) is 0.813. The zero-order valence-corrected chi connectivity index (χ0v) is 10.2. The molecule has 4 heteroatoms. The lowest BCUT2D eigenvalue weighted by Gasteiger charge is -2.24. The van der Waals surface area contributed by atoms with Crippen LogP contribution in [-0.4, -0.2) is 32.9 Å². The van der Waals surface area contributed by atoms with E-state index in [-0.39, 0.29) is 6.04 Å². The van der Waals surface area contributed by atoms with E-state index in [0.717, 1.165) is 31.1 Å². The third-order valence-corrected chi connectivity index (χ3v) is 3.24. The van der Waals surface area contributed by atoms with Crippen molar-refractivity contribution in [3.63, 3.8) is 0 Å². The SMILES string of the molecule is COc1ccccc1NC(CN)C1CCOC1. The van der Waals surface area contributed by atoms with Crippen LogP contribution in [0.1, 0.15) is 6.42 Å². The molecule has 94 valence electrons. The Bertz CT molecular complexity index is 351. The van der Waals surface area contributed by atoms with E-state index in [4.69, 9.17) is 15.2 Å². The number of rotatable bonds is 5. The summed E-state index contributed by atoms with van der Waals surface area (Å²) < 4.78 is 10.7. The summed E-state index contributed by atoms with van der Waals surface area (Å²) in [7, 11) is 1.68. The molecule has 1 aliphatic heterocycles. The monoisotopic (exact) mass is 236 g/mol. The fourth-order valence-corrected chi connectivity index (χ4v) is 2.20. The lowest BCUT2D eigenvalue weighted by atomic mass is 9.99. The van der Waals surface area contributed by atoms with Gasteiger partial charge in [-0.15, -0.1) is 0 Å². The molecule has 0 bridgehead atoms. The number of anilines is 1. The first kappa shape index (κ1) is 12.2. The molecule has 0 aromatic heterocycles. The highest BCUT2D eigenvalue weighted by Crippen LogP contribution is 2.26. The number of nitrogens with two attached hydrogens (primary N) is 1. The minimum Gasteiger partial charge on any atom is -0.495 e. The standard InChI is InChI=1S/C13H20N2O2/c1-16-13-5-3-2-4-11(13)15-12(8-14)10-6-7-17-9-10/h2-5,10,12,15H,6-9,14H2,1H3. The minimum atomic E-state index is 0.244. The molecule has 2 rings (SSSR count). The van der Waals surface area contributed by atoms with E-state index in [2.05, 4.69) is 5.32 Å². The number of nitrogens with one attached hydrogen (secondary N) is 1. The van der Waals surface area contributed by atoms with Gasteiger partial charge < -0.3 is 20.5 Å². The van der Waals surface area contributed by atoms with E-state index in [1.807, 2.05) is 24.3 Å². The maximum Gasteiger partial charge on any atom is 0.141 e. The van der Waals surface area contributed by atoms with Gasteiger partial charge in [0.2, 0.25) is 0 Å². The van der Waals surface area contributed by atoms with Crippen molar-refractivity contribution in [2.24, 2.45) is 11.7 Å². The number of methoxy groups -OCH3 is 1. The predicted octanol–water partition coefficient (Wildman–Crippen LogP) is 1.47. The number of ether oxygens (including phenoxy) is 2. The van der Waals surface area contributed by atoms with Crippen LogP contribution in [-0.2, 0) is 4.74 Å². The van der Waals surface area contributed by atoms with E-state index in [9.17, 15) is 0 Å². The molecule has 3 N–H and O–H groups in total. The van der Waals surface area contributed by atoms with Crippen LogP contribution in [0.2, 0.25) is 0 Å². The number of hydrogen-bond acceptors (Lipinski definition) is 4. The summed E-state index contributed by atoms with van der Waals surface area (Å²) in [6.45, 7) is 2.24. The van der Waals surface area contributed by atoms with Gasteiger partial charge in [-0.1, -0.05) is 12.1 Å². The second kappa shape index (κ2) is 5.89. The van der Waals surface area contributed by atoms with Crippen molar-refractivity contribution in [2.75, 3.05) is 32.2 Å². The molecule has 1 heterocycles. The van der Waals surface area contributed by atoms with Crippen LogP contribution in [0.3, 0.4) is 0 Å². The second-order valence-electron chi connectivity index (χ2n) is 4.31. The van der Waals surface area contributed by atoms with Gasteiger partial charge in [0, 0.05) is 25.1 Å². The molecule has 0 radical (unpaired) electrons. The zero-order valence-electron chi connectivity index (χ0n) is 10.2. The Balaban J connectivity index is 2.06. The van der Waals surface area contributed by atoms with Crippen LogP contribution in [0.25, 0.3) is 0 Å². The van der Waals surface area contributed by atoms with Gasteiger partial charge in [-0.3, -0.25) is 0 Å². The fraction of sp³-hybridized carbons (Fsp3) is 0.538. The summed E-state index contributed by atoms with van der Waals surface area (Å²) in [5.74, 6) is 1.34. The normalized spacial score (nSPS) is 21.2. The highest BCUT2D eigenvalue weighted by Gasteiger charge is 2.25. The van der Waals surface area contributed by atoms with Gasteiger partial charge in [-0.25, -0.2) is 0 Å². The minimum absolute atomic E-state index is 0.244. The van der Waals surface area contributed by atoms with Gasteiger partial charge in [0.25, 0.3) is 0 Å². The molecular weight excluding hydrogens is 216 g/mol.